The van der Waals surface area contributed by atoms with Gasteiger partial charge in [-0.05, 0) is 49.8 Å². The molecule has 4 aliphatic rings. The van der Waals surface area contributed by atoms with E-state index in [2.05, 4.69) is 32.7 Å². The molecule has 176 valence electrons. The fourth-order valence-corrected chi connectivity index (χ4v) is 5.27. The first kappa shape index (κ1) is 23.4. The second-order valence-corrected chi connectivity index (χ2v) is 9.52. The summed E-state index contributed by atoms with van der Waals surface area (Å²) in [6.45, 7) is 2.78. The van der Waals surface area contributed by atoms with E-state index in [4.69, 9.17) is 9.47 Å². The van der Waals surface area contributed by atoms with Crippen LogP contribution in [0.15, 0.2) is 23.2 Å². The second-order valence-electron chi connectivity index (χ2n) is 9.52. The summed E-state index contributed by atoms with van der Waals surface area (Å²) in [7, 11) is 1.81. The van der Waals surface area contributed by atoms with Gasteiger partial charge in [0.05, 0.1) is 0 Å². The van der Waals surface area contributed by atoms with Crippen LogP contribution in [0.2, 0.25) is 0 Å². The van der Waals surface area contributed by atoms with E-state index >= 15 is 0 Å². The Bertz CT molecular complexity index is 852. The number of rotatable bonds is 5. The van der Waals surface area contributed by atoms with Crippen LogP contribution in [-0.2, 0) is 10.2 Å². The number of amides is 1. The zero-order valence-electron chi connectivity index (χ0n) is 18.9. The second kappa shape index (κ2) is 10.1. The van der Waals surface area contributed by atoms with Gasteiger partial charge < -0.3 is 25.0 Å². The predicted molar refractivity (Wildman–Crippen MR) is 135 cm³/mol. The molecule has 1 atom stereocenters. The standard InChI is InChI=1S/C24H34N4O3.HI/c1-25-23(27-19-9-12-28(14-19)22(29)17-5-3-2-4-6-17)26-15-24(10-11-24)18-7-8-20-21(13-18)31-16-30-20;/h7-8,13,17,19H,2-6,9-12,14-16H2,1H3,(H2,25,26,27);1H. The molecule has 3 fully saturated rings. The fraction of sp³-hybridized carbons (Fsp3) is 0.667. The van der Waals surface area contributed by atoms with Gasteiger partial charge in [0, 0.05) is 44.1 Å². The molecule has 1 saturated heterocycles. The quantitative estimate of drug-likeness (QED) is 0.332. The van der Waals surface area contributed by atoms with Gasteiger partial charge in [-0.2, -0.15) is 0 Å². The van der Waals surface area contributed by atoms with Gasteiger partial charge in [-0.3, -0.25) is 9.79 Å². The van der Waals surface area contributed by atoms with Crippen molar-refractivity contribution in [3.05, 3.63) is 23.8 Å². The minimum atomic E-state index is 0. The Balaban J connectivity index is 0.00000245. The van der Waals surface area contributed by atoms with E-state index in [1.165, 1.54) is 24.8 Å². The van der Waals surface area contributed by atoms with E-state index in [1.54, 1.807) is 0 Å². The van der Waals surface area contributed by atoms with E-state index in [-0.39, 0.29) is 41.4 Å². The number of nitrogens with zero attached hydrogens (tertiary/aromatic N) is 2. The third-order valence-corrected chi connectivity index (χ3v) is 7.45. The molecule has 0 aromatic heterocycles. The van der Waals surface area contributed by atoms with Crippen molar-refractivity contribution >= 4 is 35.8 Å². The maximum atomic E-state index is 12.8. The third kappa shape index (κ3) is 4.94. The SMILES string of the molecule is CN=C(NCC1(c2ccc3c(c2)OCO3)CC1)NC1CCN(C(=O)C2CCCCC2)C1.I. The van der Waals surface area contributed by atoms with Crippen LogP contribution < -0.4 is 20.1 Å². The van der Waals surface area contributed by atoms with Crippen LogP contribution in [0.25, 0.3) is 0 Å². The number of aliphatic imine (C=N–C) groups is 1. The Hall–Kier alpha value is -1.71. The number of nitrogens with one attached hydrogen (secondary N) is 2. The number of carbonyl (C=O) groups excluding carboxylic acids is 1. The molecule has 1 aromatic rings. The lowest BCUT2D eigenvalue weighted by Crippen LogP contribution is -2.47. The number of halogens is 1. The van der Waals surface area contributed by atoms with Gasteiger partial charge in [-0.25, -0.2) is 0 Å². The van der Waals surface area contributed by atoms with Gasteiger partial charge in [-0.15, -0.1) is 24.0 Å². The van der Waals surface area contributed by atoms with Crippen molar-refractivity contribution in [2.24, 2.45) is 10.9 Å². The molecule has 2 aliphatic heterocycles. The topological polar surface area (TPSA) is 75.2 Å². The lowest BCUT2D eigenvalue weighted by Gasteiger charge is -2.26. The number of fused-ring (bicyclic) bond motifs is 1. The molecular formula is C24H35IN4O3. The summed E-state index contributed by atoms with van der Waals surface area (Å²) in [6, 6.07) is 6.56. The summed E-state index contributed by atoms with van der Waals surface area (Å²) in [5, 5.41) is 7.08. The molecule has 2 N–H and O–H groups in total. The maximum Gasteiger partial charge on any atom is 0.231 e. The molecule has 0 spiro atoms. The minimum absolute atomic E-state index is 0. The smallest absolute Gasteiger partial charge is 0.231 e. The molecule has 2 aliphatic carbocycles. The van der Waals surface area contributed by atoms with Gasteiger partial charge >= 0.3 is 0 Å². The van der Waals surface area contributed by atoms with Crippen LogP contribution in [-0.4, -0.2) is 56.3 Å². The van der Waals surface area contributed by atoms with Crippen LogP contribution in [0.5, 0.6) is 11.5 Å². The van der Waals surface area contributed by atoms with E-state index in [9.17, 15) is 4.79 Å². The highest BCUT2D eigenvalue weighted by atomic mass is 127. The number of hydrogen-bond acceptors (Lipinski definition) is 4. The molecule has 5 rings (SSSR count). The fourth-order valence-electron chi connectivity index (χ4n) is 5.27. The summed E-state index contributed by atoms with van der Waals surface area (Å²) in [5.41, 5.74) is 1.43. The summed E-state index contributed by atoms with van der Waals surface area (Å²) in [6.07, 6.45) is 9.11. The van der Waals surface area contributed by atoms with E-state index in [1.807, 2.05) is 13.1 Å². The van der Waals surface area contributed by atoms with Gasteiger partial charge in [0.25, 0.3) is 0 Å². The molecular weight excluding hydrogens is 519 g/mol. The highest BCUT2D eigenvalue weighted by molar-refractivity contribution is 14.0. The Morgan fingerprint density at radius 2 is 1.94 bits per heavy atom. The molecule has 0 radical (unpaired) electrons. The zero-order chi connectivity index (χ0) is 21.3. The van der Waals surface area contributed by atoms with Crippen molar-refractivity contribution in [3.8, 4) is 11.5 Å². The minimum Gasteiger partial charge on any atom is -0.454 e. The zero-order valence-corrected chi connectivity index (χ0v) is 21.2. The average Bonchev–Trinajstić information content (AvgIpc) is 3.22. The molecule has 32 heavy (non-hydrogen) atoms. The van der Waals surface area contributed by atoms with Crippen LogP contribution in [0.1, 0.15) is 56.9 Å². The Labute approximate surface area is 207 Å². The van der Waals surface area contributed by atoms with E-state index < -0.39 is 0 Å². The Morgan fingerprint density at radius 1 is 1.16 bits per heavy atom. The number of hydrogen-bond donors (Lipinski definition) is 2. The van der Waals surface area contributed by atoms with Crippen LogP contribution in [0, 0.1) is 5.92 Å². The molecule has 1 amide bonds. The van der Waals surface area contributed by atoms with E-state index in [0.29, 0.717) is 12.7 Å². The van der Waals surface area contributed by atoms with Gasteiger partial charge in [0.15, 0.2) is 17.5 Å². The lowest BCUT2D eigenvalue weighted by molar-refractivity contribution is -0.135. The highest BCUT2D eigenvalue weighted by Crippen LogP contribution is 2.49. The number of likely N-dealkylation sites (tertiary alicyclic amines) is 1. The summed E-state index contributed by atoms with van der Waals surface area (Å²) >= 11 is 0. The summed E-state index contributed by atoms with van der Waals surface area (Å²) in [4.78, 5) is 19.3. The number of carbonyl (C=O) groups is 1. The predicted octanol–water partition coefficient (Wildman–Crippen LogP) is 3.41. The first-order valence-corrected chi connectivity index (χ1v) is 11.8. The van der Waals surface area contributed by atoms with Crippen LogP contribution in [0.4, 0.5) is 0 Å². The Kier molecular flexibility index (Phi) is 7.37. The van der Waals surface area contributed by atoms with Gasteiger partial charge in [0.2, 0.25) is 12.7 Å². The van der Waals surface area contributed by atoms with Gasteiger partial charge in [0.1, 0.15) is 0 Å². The van der Waals surface area contributed by atoms with Crippen molar-refractivity contribution in [3.63, 3.8) is 0 Å². The van der Waals surface area contributed by atoms with Crippen LogP contribution in [0.3, 0.4) is 0 Å². The average molecular weight is 554 g/mol. The molecule has 2 saturated carbocycles. The van der Waals surface area contributed by atoms with Gasteiger partial charge in [-0.1, -0.05) is 25.3 Å². The molecule has 1 aromatic carbocycles. The first-order chi connectivity index (χ1) is 15.2. The summed E-state index contributed by atoms with van der Waals surface area (Å²) in [5.74, 6) is 3.12. The van der Waals surface area contributed by atoms with Crippen molar-refractivity contribution in [2.45, 2.75) is 62.8 Å². The molecule has 7 nitrogen and oxygen atoms in total. The molecule has 1 unspecified atom stereocenters. The normalized spacial score (nSPS) is 24.1. The largest absolute Gasteiger partial charge is 0.454 e. The molecule has 2 heterocycles. The monoisotopic (exact) mass is 554 g/mol. The number of ether oxygens (including phenoxy) is 2. The first-order valence-electron chi connectivity index (χ1n) is 11.8. The lowest BCUT2D eigenvalue weighted by atomic mass is 9.88. The number of benzene rings is 1. The van der Waals surface area contributed by atoms with Crippen molar-refractivity contribution < 1.29 is 14.3 Å². The summed E-state index contributed by atoms with van der Waals surface area (Å²) < 4.78 is 11.0. The maximum absolute atomic E-state index is 12.8. The Morgan fingerprint density at radius 3 is 2.69 bits per heavy atom. The molecule has 8 heteroatoms. The number of guanidine groups is 1. The van der Waals surface area contributed by atoms with Crippen molar-refractivity contribution in [2.75, 3.05) is 33.5 Å². The van der Waals surface area contributed by atoms with Crippen LogP contribution >= 0.6 is 24.0 Å². The van der Waals surface area contributed by atoms with Crippen molar-refractivity contribution in [1.29, 1.82) is 0 Å². The van der Waals surface area contributed by atoms with E-state index in [0.717, 1.165) is 69.2 Å². The van der Waals surface area contributed by atoms with Crippen molar-refractivity contribution in [1.82, 2.24) is 15.5 Å². The highest BCUT2D eigenvalue weighted by Gasteiger charge is 2.45. The molecule has 0 bridgehead atoms. The third-order valence-electron chi connectivity index (χ3n) is 7.45.